The number of carbonyl (C=O) groups excluding carboxylic acids is 1. The van der Waals surface area contributed by atoms with Gasteiger partial charge in [0.2, 0.25) is 0 Å². The van der Waals surface area contributed by atoms with Crippen molar-refractivity contribution in [3.63, 3.8) is 0 Å². The number of allylic oxidation sites excluding steroid dienone is 5. The number of phenols is 1. The van der Waals surface area contributed by atoms with Crippen LogP contribution < -0.4 is 0 Å². The van der Waals surface area contributed by atoms with Gasteiger partial charge in [-0.05, 0) is 30.2 Å². The lowest BCUT2D eigenvalue weighted by molar-refractivity contribution is 0.112. The van der Waals surface area contributed by atoms with Crippen molar-refractivity contribution >= 4 is 11.9 Å². The molecule has 16 heavy (non-hydrogen) atoms. The first-order chi connectivity index (χ1) is 7.69. The molecule has 0 aliphatic carbocycles. The average molecular weight is 214 g/mol. The fourth-order valence-electron chi connectivity index (χ4n) is 1.26. The van der Waals surface area contributed by atoms with Gasteiger partial charge in [-0.15, -0.1) is 0 Å². The predicted octanol–water partition coefficient (Wildman–Crippen LogP) is 3.35. The summed E-state index contributed by atoms with van der Waals surface area (Å²) in [6, 6.07) is 4.99. The monoisotopic (exact) mass is 214 g/mol. The fraction of sp³-hybridized carbons (Fsp3) is 0.0714. The Morgan fingerprint density at radius 1 is 1.38 bits per heavy atom. The van der Waals surface area contributed by atoms with Gasteiger partial charge in [-0.2, -0.15) is 0 Å². The lowest BCUT2D eigenvalue weighted by atomic mass is 10.0. The van der Waals surface area contributed by atoms with Crippen molar-refractivity contribution < 1.29 is 9.90 Å². The minimum atomic E-state index is 0.00736. The summed E-state index contributed by atoms with van der Waals surface area (Å²) in [7, 11) is 0. The van der Waals surface area contributed by atoms with Crippen LogP contribution in [0, 0.1) is 0 Å². The van der Waals surface area contributed by atoms with Crippen LogP contribution >= 0.6 is 0 Å². The van der Waals surface area contributed by atoms with Crippen LogP contribution in [-0.2, 0) is 0 Å². The third-order valence-corrected chi connectivity index (χ3v) is 2.21. The molecule has 0 saturated heterocycles. The number of phenolic OH excluding ortho intramolecular Hbond substituents is 1. The quantitative estimate of drug-likeness (QED) is 0.616. The van der Waals surface area contributed by atoms with E-state index in [1.165, 1.54) is 0 Å². The molecule has 0 saturated carbocycles. The highest BCUT2D eigenvalue weighted by Gasteiger charge is 2.01. The number of aldehydes is 1. The molecule has 2 nitrogen and oxygen atoms in total. The Labute approximate surface area is 95.2 Å². The Morgan fingerprint density at radius 3 is 2.69 bits per heavy atom. The molecule has 0 spiro atoms. The van der Waals surface area contributed by atoms with Crippen LogP contribution in [0.25, 0.3) is 5.57 Å². The number of hydrogen-bond donors (Lipinski definition) is 1. The lowest BCUT2D eigenvalue weighted by Crippen LogP contribution is -1.84. The molecule has 0 bridgehead atoms. The zero-order valence-electron chi connectivity index (χ0n) is 9.18. The predicted molar refractivity (Wildman–Crippen MR) is 66.5 cm³/mol. The normalized spacial score (nSPS) is 11.7. The molecule has 0 unspecified atom stereocenters. The first-order valence-electron chi connectivity index (χ1n) is 4.93. The summed E-state index contributed by atoms with van der Waals surface area (Å²) in [5.74, 6) is 0.00736. The number of benzene rings is 1. The summed E-state index contributed by atoms with van der Waals surface area (Å²) >= 11 is 0. The maximum atomic E-state index is 10.5. The van der Waals surface area contributed by atoms with E-state index >= 15 is 0 Å². The van der Waals surface area contributed by atoms with E-state index in [4.69, 9.17) is 0 Å². The van der Waals surface area contributed by atoms with Gasteiger partial charge in [0, 0.05) is 0 Å². The average Bonchev–Trinajstić information content (AvgIpc) is 2.29. The second-order valence-electron chi connectivity index (χ2n) is 3.36. The van der Waals surface area contributed by atoms with Gasteiger partial charge in [-0.1, -0.05) is 36.9 Å². The van der Waals surface area contributed by atoms with Gasteiger partial charge in [-0.3, -0.25) is 4.79 Å². The highest BCUT2D eigenvalue weighted by atomic mass is 16.3. The second-order valence-corrected chi connectivity index (χ2v) is 3.36. The topological polar surface area (TPSA) is 37.3 Å². The third kappa shape index (κ3) is 2.95. The zero-order valence-corrected chi connectivity index (χ0v) is 9.18. The van der Waals surface area contributed by atoms with Crippen LogP contribution in [0.1, 0.15) is 22.8 Å². The molecule has 82 valence electrons. The molecular formula is C14H14O2. The van der Waals surface area contributed by atoms with E-state index in [0.29, 0.717) is 11.8 Å². The minimum Gasteiger partial charge on any atom is -0.507 e. The molecule has 0 radical (unpaired) electrons. The van der Waals surface area contributed by atoms with Crippen molar-refractivity contribution in [1.82, 2.24) is 0 Å². The highest BCUT2D eigenvalue weighted by Crippen LogP contribution is 2.22. The van der Waals surface area contributed by atoms with E-state index in [9.17, 15) is 9.90 Å². The molecule has 0 aromatic heterocycles. The molecule has 1 N–H and O–H groups in total. The third-order valence-electron chi connectivity index (χ3n) is 2.21. The van der Waals surface area contributed by atoms with Crippen molar-refractivity contribution in [2.75, 3.05) is 0 Å². The van der Waals surface area contributed by atoms with Crippen molar-refractivity contribution in [3.8, 4) is 5.75 Å². The number of hydrogen-bond acceptors (Lipinski definition) is 2. The molecule has 1 aromatic carbocycles. The molecule has 0 aliphatic rings. The molecule has 1 aromatic rings. The molecule has 0 aliphatic heterocycles. The fourth-order valence-corrected chi connectivity index (χ4v) is 1.26. The zero-order chi connectivity index (χ0) is 12.0. The first-order valence-corrected chi connectivity index (χ1v) is 4.93. The summed E-state index contributed by atoms with van der Waals surface area (Å²) in [6.45, 7) is 5.51. The van der Waals surface area contributed by atoms with Crippen LogP contribution in [0.3, 0.4) is 0 Å². The van der Waals surface area contributed by atoms with E-state index in [1.54, 1.807) is 24.3 Å². The van der Waals surface area contributed by atoms with E-state index in [-0.39, 0.29) is 5.75 Å². The van der Waals surface area contributed by atoms with Crippen molar-refractivity contribution in [2.45, 2.75) is 6.92 Å². The van der Waals surface area contributed by atoms with Crippen molar-refractivity contribution in [3.05, 3.63) is 60.2 Å². The smallest absolute Gasteiger partial charge is 0.153 e. The van der Waals surface area contributed by atoms with Gasteiger partial charge in [0.05, 0.1) is 5.56 Å². The van der Waals surface area contributed by atoms with Gasteiger partial charge in [-0.25, -0.2) is 0 Å². The Kier molecular flexibility index (Phi) is 4.28. The summed E-state index contributed by atoms with van der Waals surface area (Å²) in [4.78, 5) is 10.5. The van der Waals surface area contributed by atoms with Gasteiger partial charge in [0.25, 0.3) is 0 Å². The summed E-state index contributed by atoms with van der Waals surface area (Å²) in [6.07, 6.45) is 7.93. The number of aromatic hydroxyl groups is 1. The molecule has 2 heteroatoms. The van der Waals surface area contributed by atoms with Crippen LogP contribution in [-0.4, -0.2) is 11.4 Å². The summed E-state index contributed by atoms with van der Waals surface area (Å²) < 4.78 is 0. The Balaban J connectivity index is 3.01. The highest BCUT2D eigenvalue weighted by molar-refractivity contribution is 5.81. The molecule has 1 rings (SSSR count). The van der Waals surface area contributed by atoms with E-state index < -0.39 is 0 Å². The van der Waals surface area contributed by atoms with Crippen LogP contribution in [0.5, 0.6) is 5.75 Å². The Morgan fingerprint density at radius 2 is 2.12 bits per heavy atom. The standard InChI is InChI=1S/C14H14O2/c1-3-4-5-6-11(2)12-7-8-13(10-15)14(16)9-12/h3-10,16H,1H2,2H3/b5-4-,11-6+. The second kappa shape index (κ2) is 5.71. The Bertz CT molecular complexity index is 454. The van der Waals surface area contributed by atoms with Crippen molar-refractivity contribution in [1.29, 1.82) is 0 Å². The lowest BCUT2D eigenvalue weighted by Gasteiger charge is -2.03. The maximum Gasteiger partial charge on any atom is 0.153 e. The first kappa shape index (κ1) is 12.0. The number of rotatable bonds is 4. The molecule has 0 heterocycles. The summed E-state index contributed by atoms with van der Waals surface area (Å²) in [5.41, 5.74) is 2.20. The van der Waals surface area contributed by atoms with E-state index in [1.807, 2.05) is 25.2 Å². The maximum absolute atomic E-state index is 10.5. The van der Waals surface area contributed by atoms with E-state index in [0.717, 1.165) is 11.1 Å². The largest absolute Gasteiger partial charge is 0.507 e. The van der Waals surface area contributed by atoms with Crippen LogP contribution in [0.2, 0.25) is 0 Å². The Hall–Kier alpha value is -2.09. The van der Waals surface area contributed by atoms with Crippen LogP contribution in [0.15, 0.2) is 49.1 Å². The van der Waals surface area contributed by atoms with E-state index in [2.05, 4.69) is 6.58 Å². The van der Waals surface area contributed by atoms with Gasteiger partial charge < -0.3 is 5.11 Å². The minimum absolute atomic E-state index is 0.00736. The van der Waals surface area contributed by atoms with Gasteiger partial charge in [0.15, 0.2) is 6.29 Å². The van der Waals surface area contributed by atoms with Crippen molar-refractivity contribution in [2.24, 2.45) is 0 Å². The SMILES string of the molecule is C=C/C=C\C=C(/C)c1ccc(C=O)c(O)c1. The molecular weight excluding hydrogens is 200 g/mol. The summed E-state index contributed by atoms with van der Waals surface area (Å²) in [5, 5.41) is 9.52. The number of carbonyl (C=O) groups is 1. The van der Waals surface area contributed by atoms with Crippen LogP contribution in [0.4, 0.5) is 0 Å². The van der Waals surface area contributed by atoms with Gasteiger partial charge >= 0.3 is 0 Å². The molecule has 0 atom stereocenters. The van der Waals surface area contributed by atoms with Gasteiger partial charge in [0.1, 0.15) is 5.75 Å². The molecule has 0 amide bonds. The molecule has 0 fully saturated rings.